The molecule has 0 heterocycles. The molecule has 0 spiro atoms. The number of nitriles is 1. The molecule has 0 N–H and O–H groups in total. The Morgan fingerprint density at radius 3 is 2.21 bits per heavy atom. The van der Waals surface area contributed by atoms with Crippen LogP contribution >= 0.6 is 0 Å². The van der Waals surface area contributed by atoms with E-state index in [0.717, 1.165) is 66.4 Å². The Morgan fingerprint density at radius 1 is 0.842 bits per heavy atom. The lowest BCUT2D eigenvalue weighted by molar-refractivity contribution is -0.167. The second-order valence-electron chi connectivity index (χ2n) is 18.7. The zero-order valence-electron chi connectivity index (χ0n) is 35.4. The Kier molecular flexibility index (Phi) is 13.6. The predicted molar refractivity (Wildman–Crippen MR) is 220 cm³/mol. The van der Waals surface area contributed by atoms with Crippen molar-refractivity contribution < 1.29 is 33.3 Å². The van der Waals surface area contributed by atoms with Crippen molar-refractivity contribution in [3.63, 3.8) is 0 Å². The highest BCUT2D eigenvalue weighted by atomic mass is 16.7. The SMILES string of the molecule is CCC(CC(C)C(=O)OCOc1ccc(-c2ccc(C#N)cc2)cc1)C(=O)OCC(=O)OC1CCC2(C)C(=CCC3C2CCC2(C)C(C(C)CC(C)C)CCC32)C1. The third kappa shape index (κ3) is 9.45. The molecule has 0 amide bonds. The molecule has 2 aromatic rings. The van der Waals surface area contributed by atoms with Crippen LogP contribution in [-0.2, 0) is 28.6 Å². The molecule has 8 heteroatoms. The number of carbonyl (C=O) groups is 3. The van der Waals surface area contributed by atoms with Gasteiger partial charge in [-0.1, -0.05) is 84.4 Å². The summed E-state index contributed by atoms with van der Waals surface area (Å²) in [6.07, 6.45) is 13.5. The summed E-state index contributed by atoms with van der Waals surface area (Å²) in [6.45, 7) is 15.2. The minimum atomic E-state index is -0.571. The first-order valence-corrected chi connectivity index (χ1v) is 21.7. The minimum Gasteiger partial charge on any atom is -0.460 e. The number of fused-ring (bicyclic) bond motifs is 5. The lowest BCUT2D eigenvalue weighted by Crippen LogP contribution is -2.51. The van der Waals surface area contributed by atoms with Gasteiger partial charge in [-0.05, 0) is 146 Å². The first kappa shape index (κ1) is 42.5. The molecule has 3 saturated carbocycles. The van der Waals surface area contributed by atoms with E-state index < -0.39 is 36.4 Å². The van der Waals surface area contributed by atoms with Crippen LogP contribution in [0.5, 0.6) is 5.75 Å². The number of carbonyl (C=O) groups excluding carboxylic acids is 3. The van der Waals surface area contributed by atoms with E-state index in [1.807, 2.05) is 31.2 Å². The number of hydrogen-bond donors (Lipinski definition) is 0. The predicted octanol–water partition coefficient (Wildman–Crippen LogP) is 10.9. The Balaban J connectivity index is 0.920. The van der Waals surface area contributed by atoms with Gasteiger partial charge in [0, 0.05) is 6.42 Å². The molecule has 0 bridgehead atoms. The number of benzene rings is 2. The summed E-state index contributed by atoms with van der Waals surface area (Å²) in [6, 6.07) is 16.8. The van der Waals surface area contributed by atoms with Crippen LogP contribution in [0.1, 0.15) is 125 Å². The Labute approximate surface area is 341 Å². The average Bonchev–Trinajstić information content (AvgIpc) is 3.56. The van der Waals surface area contributed by atoms with Crippen molar-refractivity contribution in [1.29, 1.82) is 5.26 Å². The van der Waals surface area contributed by atoms with Crippen LogP contribution in [0.4, 0.5) is 0 Å². The van der Waals surface area contributed by atoms with E-state index in [1.54, 1.807) is 31.2 Å². The van der Waals surface area contributed by atoms with Crippen LogP contribution < -0.4 is 4.74 Å². The molecule has 0 saturated heterocycles. The van der Waals surface area contributed by atoms with Crippen molar-refractivity contribution >= 4 is 17.9 Å². The van der Waals surface area contributed by atoms with Crippen LogP contribution in [0.15, 0.2) is 60.2 Å². The van der Waals surface area contributed by atoms with Gasteiger partial charge < -0.3 is 18.9 Å². The maximum Gasteiger partial charge on any atom is 0.344 e. The topological polar surface area (TPSA) is 112 Å². The largest absolute Gasteiger partial charge is 0.460 e. The molecule has 10 unspecified atom stereocenters. The Bertz CT molecular complexity index is 1790. The first-order chi connectivity index (χ1) is 27.2. The molecular weight excluding hydrogens is 715 g/mol. The van der Waals surface area contributed by atoms with Gasteiger partial charge in [-0.3, -0.25) is 9.59 Å². The normalized spacial score (nSPS) is 29.3. The third-order valence-electron chi connectivity index (χ3n) is 14.8. The molecule has 4 aliphatic rings. The van der Waals surface area contributed by atoms with E-state index in [1.165, 1.54) is 37.7 Å². The molecule has 8 nitrogen and oxygen atoms in total. The molecule has 3 fully saturated rings. The maximum atomic E-state index is 13.0. The molecule has 0 aromatic heterocycles. The van der Waals surface area contributed by atoms with Gasteiger partial charge in [0.05, 0.1) is 23.5 Å². The average molecular weight is 780 g/mol. The standard InChI is InChI=1S/C49H65NO7/c1-8-35(26-33(5)46(52)56-30-55-39-16-13-37(14-17-39)36-11-9-34(28-50)10-12-36)47(53)54-29-45(51)57-40-21-23-48(6)38(27-40)15-18-41-43-20-19-42(32(4)25-31(2)3)49(43,7)24-22-44(41)48/h9-17,31-33,35,40-44H,8,18-27,29-30H2,1-7H3. The summed E-state index contributed by atoms with van der Waals surface area (Å²) >= 11 is 0. The fourth-order valence-corrected chi connectivity index (χ4v) is 11.8. The lowest BCUT2D eigenvalue weighted by Gasteiger charge is -2.58. The second kappa shape index (κ2) is 18.2. The number of ether oxygens (including phenoxy) is 4. The number of nitrogens with zero attached hydrogens (tertiary/aromatic N) is 1. The molecular formula is C49H65NO7. The number of rotatable bonds is 15. The summed E-state index contributed by atoms with van der Waals surface area (Å²) in [7, 11) is 0. The summed E-state index contributed by atoms with van der Waals surface area (Å²) in [5.41, 5.74) is 4.63. The van der Waals surface area contributed by atoms with Crippen LogP contribution in [-0.4, -0.2) is 37.4 Å². The van der Waals surface area contributed by atoms with Gasteiger partial charge in [0.1, 0.15) is 11.9 Å². The molecule has 308 valence electrons. The fourth-order valence-electron chi connectivity index (χ4n) is 11.8. The van der Waals surface area contributed by atoms with Crippen molar-refractivity contribution in [3.8, 4) is 22.9 Å². The lowest BCUT2D eigenvalue weighted by atomic mass is 9.47. The van der Waals surface area contributed by atoms with Gasteiger partial charge in [0.15, 0.2) is 6.61 Å². The van der Waals surface area contributed by atoms with E-state index in [4.69, 9.17) is 24.2 Å². The smallest absolute Gasteiger partial charge is 0.344 e. The monoisotopic (exact) mass is 779 g/mol. The quantitative estimate of drug-likeness (QED) is 0.0760. The fraction of sp³-hybridized carbons (Fsp3) is 0.633. The first-order valence-electron chi connectivity index (χ1n) is 21.7. The van der Waals surface area contributed by atoms with Crippen molar-refractivity contribution in [2.75, 3.05) is 13.4 Å². The van der Waals surface area contributed by atoms with Crippen molar-refractivity contribution in [2.24, 2.45) is 58.2 Å². The highest BCUT2D eigenvalue weighted by Gasteiger charge is 2.59. The van der Waals surface area contributed by atoms with Gasteiger partial charge in [-0.2, -0.15) is 5.26 Å². The Hall–Kier alpha value is -4.12. The summed E-state index contributed by atoms with van der Waals surface area (Å²) in [5, 5.41) is 9.01. The van der Waals surface area contributed by atoms with E-state index in [-0.39, 0.29) is 24.7 Å². The van der Waals surface area contributed by atoms with Crippen molar-refractivity contribution in [2.45, 2.75) is 125 Å². The van der Waals surface area contributed by atoms with Crippen molar-refractivity contribution in [1.82, 2.24) is 0 Å². The number of hydrogen-bond acceptors (Lipinski definition) is 8. The molecule has 4 aliphatic carbocycles. The van der Waals surface area contributed by atoms with Crippen LogP contribution in [0.3, 0.4) is 0 Å². The van der Waals surface area contributed by atoms with E-state index in [2.05, 4.69) is 46.8 Å². The van der Waals surface area contributed by atoms with E-state index in [9.17, 15) is 14.4 Å². The van der Waals surface area contributed by atoms with Gasteiger partial charge >= 0.3 is 17.9 Å². The molecule has 10 atom stereocenters. The molecule has 6 rings (SSSR count). The Morgan fingerprint density at radius 2 is 1.54 bits per heavy atom. The molecule has 57 heavy (non-hydrogen) atoms. The van der Waals surface area contributed by atoms with Crippen LogP contribution in [0.2, 0.25) is 0 Å². The van der Waals surface area contributed by atoms with Gasteiger partial charge in [-0.15, -0.1) is 0 Å². The number of esters is 3. The van der Waals surface area contributed by atoms with E-state index in [0.29, 0.717) is 29.1 Å². The summed E-state index contributed by atoms with van der Waals surface area (Å²) < 4.78 is 22.3. The third-order valence-corrected chi connectivity index (χ3v) is 14.8. The van der Waals surface area contributed by atoms with Crippen LogP contribution in [0.25, 0.3) is 11.1 Å². The minimum absolute atomic E-state index is 0.166. The van der Waals surface area contributed by atoms with Gasteiger partial charge in [0.2, 0.25) is 6.79 Å². The molecule has 0 aliphatic heterocycles. The zero-order valence-corrected chi connectivity index (χ0v) is 35.4. The van der Waals surface area contributed by atoms with Crippen molar-refractivity contribution in [3.05, 3.63) is 65.7 Å². The second-order valence-corrected chi connectivity index (χ2v) is 18.7. The van der Waals surface area contributed by atoms with E-state index >= 15 is 0 Å². The van der Waals surface area contributed by atoms with Crippen LogP contribution in [0, 0.1) is 69.5 Å². The highest BCUT2D eigenvalue weighted by molar-refractivity contribution is 5.79. The molecule has 0 radical (unpaired) electrons. The van der Waals surface area contributed by atoms with Gasteiger partial charge in [-0.25, -0.2) is 4.79 Å². The zero-order chi connectivity index (χ0) is 40.9. The highest BCUT2D eigenvalue weighted by Crippen LogP contribution is 2.67. The summed E-state index contributed by atoms with van der Waals surface area (Å²) in [4.78, 5) is 38.8. The summed E-state index contributed by atoms with van der Waals surface area (Å²) in [5.74, 6) is 2.55. The van der Waals surface area contributed by atoms with Gasteiger partial charge in [0.25, 0.3) is 0 Å². The number of allylic oxidation sites excluding steroid dienone is 1. The maximum absolute atomic E-state index is 13.0. The molecule has 2 aromatic carbocycles.